The maximum atomic E-state index is 10.9. The van der Waals surface area contributed by atoms with Crippen molar-refractivity contribution in [2.45, 2.75) is 19.9 Å². The van der Waals surface area contributed by atoms with Gasteiger partial charge >= 0.3 is 5.97 Å². The maximum Gasteiger partial charge on any atom is 0.323 e. The largest absolute Gasteiger partial charge is 0.724 e. The van der Waals surface area contributed by atoms with Gasteiger partial charge in [-0.3, -0.25) is 9.59 Å². The summed E-state index contributed by atoms with van der Waals surface area (Å²) in [6, 6.07) is -0.519. The average molecular weight is 199 g/mol. The Morgan fingerprint density at radius 1 is 1.71 bits per heavy atom. The molecule has 5 nitrogen and oxygen atoms in total. The number of rotatable bonds is 4. The Bertz CT molecular complexity index is 208. The van der Waals surface area contributed by atoms with Crippen LogP contribution in [0.4, 0.5) is 0 Å². The molecule has 0 saturated heterocycles. The molecule has 0 radical (unpaired) electrons. The Hall–Kier alpha value is -1.45. The van der Waals surface area contributed by atoms with E-state index in [1.807, 2.05) is 13.8 Å². The monoisotopic (exact) mass is 199 g/mol. The van der Waals surface area contributed by atoms with Crippen LogP contribution in [0.25, 0.3) is 5.41 Å². The Labute approximate surface area is 83.4 Å². The minimum absolute atomic E-state index is 0.118. The van der Waals surface area contributed by atoms with Crippen LogP contribution in [-0.4, -0.2) is 24.7 Å². The summed E-state index contributed by atoms with van der Waals surface area (Å²) in [5.41, 5.74) is 5.49. The van der Waals surface area contributed by atoms with Gasteiger partial charge in [0.2, 0.25) is 0 Å². The molecule has 0 bridgehead atoms. The number of hydrogen-bond acceptors (Lipinski definition) is 4. The molecule has 0 aromatic carbocycles. The summed E-state index contributed by atoms with van der Waals surface area (Å²) in [7, 11) is 0. The van der Waals surface area contributed by atoms with Gasteiger partial charge in [-0.1, -0.05) is 26.5 Å². The number of nitrogens with zero attached hydrogens (tertiary/aromatic N) is 1. The van der Waals surface area contributed by atoms with Crippen molar-refractivity contribution in [3.8, 4) is 0 Å². The summed E-state index contributed by atoms with van der Waals surface area (Å²) < 4.78 is 4.73. The van der Waals surface area contributed by atoms with Crippen molar-refractivity contribution in [2.75, 3.05) is 6.61 Å². The molecule has 2 N–H and O–H groups in total. The van der Waals surface area contributed by atoms with E-state index >= 15 is 0 Å². The molecule has 0 amide bonds. The van der Waals surface area contributed by atoms with E-state index in [1.165, 1.54) is 6.08 Å². The van der Waals surface area contributed by atoms with E-state index in [2.05, 4.69) is 6.58 Å². The first-order valence-electron chi connectivity index (χ1n) is 4.05. The summed E-state index contributed by atoms with van der Waals surface area (Å²) in [5, 5.41) is 6.76. The number of hydrogen-bond donors (Lipinski definition) is 1. The third-order valence-electron chi connectivity index (χ3n) is 1.33. The fraction of sp³-hybridized carbons (Fsp3) is 0.556. The highest BCUT2D eigenvalue weighted by Gasteiger charge is 2.17. The maximum absolute atomic E-state index is 10.9. The number of esters is 1. The van der Waals surface area contributed by atoms with Crippen molar-refractivity contribution < 1.29 is 14.3 Å². The lowest BCUT2D eigenvalue weighted by molar-refractivity contribution is -0.145. The van der Waals surface area contributed by atoms with Crippen molar-refractivity contribution in [1.29, 1.82) is 0 Å². The van der Waals surface area contributed by atoms with Crippen LogP contribution in [0, 0.1) is 5.92 Å². The molecule has 0 unspecified atom stereocenters. The van der Waals surface area contributed by atoms with Crippen LogP contribution in [-0.2, 0) is 14.3 Å². The number of carbonyl (C=O) groups excluding carboxylic acids is 2. The molecule has 80 valence electrons. The molecule has 1 atom stereocenters. The number of nitrogens with two attached hydrogens (primary N) is 1. The van der Waals surface area contributed by atoms with Crippen molar-refractivity contribution >= 4 is 12.0 Å². The van der Waals surface area contributed by atoms with Crippen LogP contribution in [0.3, 0.4) is 0 Å². The molecule has 0 aliphatic heterocycles. The molecule has 0 aromatic rings. The van der Waals surface area contributed by atoms with Crippen molar-refractivity contribution in [2.24, 2.45) is 11.7 Å². The molecular weight excluding hydrogens is 184 g/mol. The molecule has 0 saturated carbocycles. The fourth-order valence-electron chi connectivity index (χ4n) is 0.509. The predicted octanol–water partition coefficient (Wildman–Crippen LogP) is 0.590. The van der Waals surface area contributed by atoms with Gasteiger partial charge in [-0.05, 0) is 12.0 Å². The lowest BCUT2D eigenvalue weighted by Gasteiger charge is -2.13. The van der Waals surface area contributed by atoms with Gasteiger partial charge in [-0.25, -0.2) is 0 Å². The predicted molar refractivity (Wildman–Crippen MR) is 53.0 cm³/mol. The zero-order valence-corrected chi connectivity index (χ0v) is 8.40. The highest BCUT2D eigenvalue weighted by Crippen LogP contribution is 1.99. The first kappa shape index (κ1) is 15.0. The van der Waals surface area contributed by atoms with E-state index in [4.69, 9.17) is 20.7 Å². The lowest BCUT2D eigenvalue weighted by atomic mass is 10.1. The highest BCUT2D eigenvalue weighted by molar-refractivity contribution is 5.75. The summed E-state index contributed by atoms with van der Waals surface area (Å²) in [5.74, 6) is -0.243. The number of ether oxygens (including phenoxy) is 1. The van der Waals surface area contributed by atoms with Crippen LogP contribution in [0.5, 0.6) is 0 Å². The van der Waals surface area contributed by atoms with Gasteiger partial charge in [0, 0.05) is 0 Å². The number of carbonyl (C=O) groups is 1. The van der Waals surface area contributed by atoms with Crippen LogP contribution in [0.1, 0.15) is 13.8 Å². The Morgan fingerprint density at radius 3 is 2.43 bits per heavy atom. The molecule has 0 aromatic heterocycles. The molecule has 5 heteroatoms. The van der Waals surface area contributed by atoms with E-state index in [0.717, 1.165) is 0 Å². The Kier molecular flexibility index (Phi) is 10.4. The Morgan fingerprint density at radius 2 is 2.14 bits per heavy atom. The summed E-state index contributed by atoms with van der Waals surface area (Å²) in [4.78, 5) is 19.2. The van der Waals surface area contributed by atoms with Crippen molar-refractivity contribution in [1.82, 2.24) is 0 Å². The van der Waals surface area contributed by atoms with Gasteiger partial charge in [-0.15, -0.1) is 0 Å². The zero-order valence-electron chi connectivity index (χ0n) is 8.40. The van der Waals surface area contributed by atoms with Gasteiger partial charge < -0.3 is 15.9 Å². The van der Waals surface area contributed by atoms with E-state index in [-0.39, 0.29) is 18.5 Å². The smallest absolute Gasteiger partial charge is 0.323 e. The third-order valence-corrected chi connectivity index (χ3v) is 1.33. The lowest BCUT2D eigenvalue weighted by Crippen LogP contribution is -2.36. The van der Waals surface area contributed by atoms with Gasteiger partial charge in [0.05, 0.1) is 0 Å². The molecule has 0 spiro atoms. The molecular formula is C9H15N2O3-. The van der Waals surface area contributed by atoms with Gasteiger partial charge in [0.1, 0.15) is 12.6 Å². The van der Waals surface area contributed by atoms with E-state index in [9.17, 15) is 4.79 Å². The van der Waals surface area contributed by atoms with Gasteiger partial charge in [-0.2, -0.15) is 0 Å². The number of isocyanates is 1. The van der Waals surface area contributed by atoms with E-state index in [1.54, 1.807) is 0 Å². The van der Waals surface area contributed by atoms with E-state index in [0.29, 0.717) is 6.08 Å². The van der Waals surface area contributed by atoms with Crippen molar-refractivity contribution in [3.05, 3.63) is 18.1 Å². The second-order valence-electron chi connectivity index (χ2n) is 2.78. The van der Waals surface area contributed by atoms with Gasteiger partial charge in [0.15, 0.2) is 0 Å². The first-order valence-corrected chi connectivity index (χ1v) is 4.05. The topological polar surface area (TPSA) is 91.7 Å². The van der Waals surface area contributed by atoms with Crippen LogP contribution in [0.2, 0.25) is 0 Å². The summed E-state index contributed by atoms with van der Waals surface area (Å²) in [6.45, 7) is 7.40. The fourth-order valence-corrected chi connectivity index (χ4v) is 0.509. The second-order valence-corrected chi connectivity index (χ2v) is 2.78. The normalized spacial score (nSPS) is 10.6. The minimum atomic E-state index is -0.519. The van der Waals surface area contributed by atoms with E-state index < -0.39 is 6.04 Å². The third kappa shape index (κ3) is 8.64. The molecule has 0 heterocycles. The molecule has 0 fully saturated rings. The van der Waals surface area contributed by atoms with Crippen LogP contribution >= 0.6 is 0 Å². The standard InChI is InChI=1S/C8H15NO2.CNO/c1-4-5-11-8(10)7(9)6(2)3;2-1-3/h4,6-7H,1,5,9H2,2-3H3;/q;-1/t7-;/m0./s1. The SMILES string of the molecule is C=CCOC(=O)[C@@H](N)C(C)C.[N-]=C=O. The summed E-state index contributed by atoms with van der Waals surface area (Å²) in [6.07, 6.45) is 2.02. The summed E-state index contributed by atoms with van der Waals surface area (Å²) >= 11 is 0. The van der Waals surface area contributed by atoms with Crippen LogP contribution in [0.15, 0.2) is 12.7 Å². The minimum Gasteiger partial charge on any atom is -0.724 e. The zero-order chi connectivity index (χ0) is 11.6. The molecule has 0 aliphatic rings. The first-order chi connectivity index (χ1) is 6.51. The Balaban J connectivity index is 0. The second kappa shape index (κ2) is 9.64. The van der Waals surface area contributed by atoms with Gasteiger partial charge in [0.25, 0.3) is 0 Å². The quantitative estimate of drug-likeness (QED) is 0.310. The molecule has 0 rings (SSSR count). The highest BCUT2D eigenvalue weighted by atomic mass is 16.5. The molecule has 0 aliphatic carbocycles. The average Bonchev–Trinajstić information content (AvgIpc) is 2.14. The van der Waals surface area contributed by atoms with Crippen LogP contribution < -0.4 is 5.73 Å². The molecule has 14 heavy (non-hydrogen) atoms. The van der Waals surface area contributed by atoms with Crippen molar-refractivity contribution in [3.63, 3.8) is 0 Å².